The molecule has 0 bridgehead atoms. The maximum atomic E-state index is 11.8. The predicted octanol–water partition coefficient (Wildman–Crippen LogP) is 1.68. The number of hydrogen-bond donors (Lipinski definition) is 1. The minimum atomic E-state index is -0.532. The zero-order valence-electron chi connectivity index (χ0n) is 9.64. The topological polar surface area (TPSA) is 77.2 Å². The van der Waals surface area contributed by atoms with Crippen molar-refractivity contribution < 1.29 is 9.72 Å². The van der Waals surface area contributed by atoms with E-state index in [2.05, 4.69) is 5.32 Å². The maximum Gasteiger partial charge on any atom is 0.323 e. The number of nitrogens with one attached hydrogen (secondary N) is 1. The molecule has 1 amide bonds. The number of carbonyl (C=O) groups is 1. The smallest absolute Gasteiger partial charge is 0.323 e. The van der Waals surface area contributed by atoms with Crippen LogP contribution in [-0.2, 0) is 7.05 Å². The molecule has 1 rings (SSSR count). The Balaban J connectivity index is 2.86. The second-order valence-electron chi connectivity index (χ2n) is 3.63. The van der Waals surface area contributed by atoms with Gasteiger partial charge in [0.15, 0.2) is 5.69 Å². The van der Waals surface area contributed by atoms with Crippen molar-refractivity contribution in [2.45, 2.75) is 19.4 Å². The molecule has 0 spiro atoms. The number of hydrogen-bond acceptors (Lipinski definition) is 3. The number of amides is 1. The fourth-order valence-corrected chi connectivity index (χ4v) is 1.72. The fraction of sp³-hybridized carbons (Fsp3) is 0.500. The van der Waals surface area contributed by atoms with Crippen LogP contribution >= 0.6 is 11.6 Å². The summed E-state index contributed by atoms with van der Waals surface area (Å²) in [6.07, 6.45) is 0.710. The SMILES string of the molecule is CCC(CCl)NC(=O)c1ccc([N+](=O)[O-])n1C. The Kier molecular flexibility index (Phi) is 4.51. The summed E-state index contributed by atoms with van der Waals surface area (Å²) in [5.74, 6) is -0.156. The molecule has 0 fully saturated rings. The average molecular weight is 260 g/mol. The van der Waals surface area contributed by atoms with Gasteiger partial charge in [0.25, 0.3) is 5.91 Å². The molecule has 1 heterocycles. The Hall–Kier alpha value is -1.56. The zero-order chi connectivity index (χ0) is 13.0. The largest absolute Gasteiger partial charge is 0.358 e. The van der Waals surface area contributed by atoms with Gasteiger partial charge in [-0.1, -0.05) is 6.92 Å². The fourth-order valence-electron chi connectivity index (χ4n) is 1.42. The van der Waals surface area contributed by atoms with Crippen LogP contribution in [0.25, 0.3) is 0 Å². The van der Waals surface area contributed by atoms with Crippen molar-refractivity contribution in [3.63, 3.8) is 0 Å². The summed E-state index contributed by atoms with van der Waals surface area (Å²) in [5, 5.41) is 13.3. The Morgan fingerprint density at radius 1 is 1.65 bits per heavy atom. The lowest BCUT2D eigenvalue weighted by Crippen LogP contribution is -2.36. The molecule has 0 aliphatic rings. The second kappa shape index (κ2) is 5.67. The molecule has 0 saturated carbocycles. The van der Waals surface area contributed by atoms with E-state index < -0.39 is 4.92 Å². The van der Waals surface area contributed by atoms with Gasteiger partial charge in [0.1, 0.15) is 0 Å². The minimum Gasteiger partial charge on any atom is -0.358 e. The van der Waals surface area contributed by atoms with Gasteiger partial charge in [-0.3, -0.25) is 4.79 Å². The van der Waals surface area contributed by atoms with E-state index in [9.17, 15) is 14.9 Å². The molecule has 0 aliphatic carbocycles. The Morgan fingerprint density at radius 3 is 2.71 bits per heavy atom. The second-order valence-corrected chi connectivity index (χ2v) is 3.93. The molecule has 6 nitrogen and oxygen atoms in total. The highest BCUT2D eigenvalue weighted by molar-refractivity contribution is 6.18. The normalized spacial score (nSPS) is 12.2. The van der Waals surface area contributed by atoms with E-state index in [0.717, 1.165) is 0 Å². The highest BCUT2D eigenvalue weighted by Crippen LogP contribution is 2.15. The van der Waals surface area contributed by atoms with Crippen LogP contribution in [0.1, 0.15) is 23.8 Å². The molecular formula is C10H14ClN3O3. The summed E-state index contributed by atoms with van der Waals surface area (Å²) in [6, 6.07) is 2.60. The summed E-state index contributed by atoms with van der Waals surface area (Å²) in [7, 11) is 1.48. The van der Waals surface area contributed by atoms with Crippen LogP contribution in [0.2, 0.25) is 0 Å². The molecule has 1 N–H and O–H groups in total. The standard InChI is InChI=1S/C10H14ClN3O3/c1-3-7(6-11)12-10(15)8-4-5-9(13(8)2)14(16)17/h4-5,7H,3,6H2,1-2H3,(H,12,15). The van der Waals surface area contributed by atoms with Crippen LogP contribution in [0, 0.1) is 10.1 Å². The van der Waals surface area contributed by atoms with Gasteiger partial charge >= 0.3 is 5.82 Å². The van der Waals surface area contributed by atoms with Gasteiger partial charge in [-0.15, -0.1) is 11.6 Å². The summed E-state index contributed by atoms with van der Waals surface area (Å²) in [5.41, 5.74) is 0.250. The molecule has 94 valence electrons. The minimum absolute atomic E-state index is 0.117. The summed E-state index contributed by atoms with van der Waals surface area (Å²) < 4.78 is 1.25. The monoisotopic (exact) mass is 259 g/mol. The molecule has 0 aromatic carbocycles. The lowest BCUT2D eigenvalue weighted by molar-refractivity contribution is -0.391. The third kappa shape index (κ3) is 2.97. The number of rotatable bonds is 5. The zero-order valence-corrected chi connectivity index (χ0v) is 10.4. The first-order chi connectivity index (χ1) is 8.01. The highest BCUT2D eigenvalue weighted by atomic mass is 35.5. The van der Waals surface area contributed by atoms with Gasteiger partial charge in [-0.2, -0.15) is 0 Å². The third-order valence-corrected chi connectivity index (χ3v) is 2.90. The lowest BCUT2D eigenvalue weighted by atomic mass is 10.2. The summed E-state index contributed by atoms with van der Waals surface area (Å²) in [6.45, 7) is 1.90. The van der Waals surface area contributed by atoms with Crippen molar-refractivity contribution in [1.82, 2.24) is 9.88 Å². The van der Waals surface area contributed by atoms with Crippen LogP contribution in [0.15, 0.2) is 12.1 Å². The van der Waals surface area contributed by atoms with E-state index in [1.165, 1.54) is 23.7 Å². The molecule has 1 atom stereocenters. The van der Waals surface area contributed by atoms with E-state index in [1.54, 1.807) is 0 Å². The van der Waals surface area contributed by atoms with E-state index in [-0.39, 0.29) is 23.5 Å². The molecule has 1 unspecified atom stereocenters. The van der Waals surface area contributed by atoms with E-state index in [4.69, 9.17) is 11.6 Å². The summed E-state index contributed by atoms with van der Waals surface area (Å²) >= 11 is 5.66. The first-order valence-corrected chi connectivity index (χ1v) is 5.71. The van der Waals surface area contributed by atoms with Crippen LogP contribution in [-0.4, -0.2) is 27.3 Å². The highest BCUT2D eigenvalue weighted by Gasteiger charge is 2.21. The molecule has 1 aromatic heterocycles. The van der Waals surface area contributed by atoms with Crippen molar-refractivity contribution in [1.29, 1.82) is 0 Å². The van der Waals surface area contributed by atoms with E-state index in [0.29, 0.717) is 12.3 Å². The van der Waals surface area contributed by atoms with Crippen LogP contribution < -0.4 is 5.32 Å². The Morgan fingerprint density at radius 2 is 2.29 bits per heavy atom. The molecule has 1 aromatic rings. The Bertz CT molecular complexity index is 426. The lowest BCUT2D eigenvalue weighted by Gasteiger charge is -2.12. The maximum absolute atomic E-state index is 11.8. The van der Waals surface area contributed by atoms with Crippen molar-refractivity contribution in [3.05, 3.63) is 27.9 Å². The molecule has 0 radical (unpaired) electrons. The van der Waals surface area contributed by atoms with Crippen molar-refractivity contribution in [2.75, 3.05) is 5.88 Å². The van der Waals surface area contributed by atoms with Gasteiger partial charge in [-0.05, 0) is 17.4 Å². The predicted molar refractivity (Wildman–Crippen MR) is 64.3 cm³/mol. The average Bonchev–Trinajstić information content (AvgIpc) is 2.67. The number of alkyl halides is 1. The quantitative estimate of drug-likeness (QED) is 0.496. The van der Waals surface area contributed by atoms with E-state index in [1.807, 2.05) is 6.92 Å². The van der Waals surface area contributed by atoms with Crippen molar-refractivity contribution >= 4 is 23.3 Å². The molecule has 17 heavy (non-hydrogen) atoms. The number of aromatic nitrogens is 1. The third-order valence-electron chi connectivity index (χ3n) is 2.53. The van der Waals surface area contributed by atoms with Crippen molar-refractivity contribution in [2.24, 2.45) is 7.05 Å². The molecule has 0 aliphatic heterocycles. The van der Waals surface area contributed by atoms with Crippen LogP contribution in [0.5, 0.6) is 0 Å². The number of carbonyl (C=O) groups excluding carboxylic acids is 1. The molecule has 7 heteroatoms. The van der Waals surface area contributed by atoms with Crippen LogP contribution in [0.3, 0.4) is 0 Å². The van der Waals surface area contributed by atoms with Crippen LogP contribution in [0.4, 0.5) is 5.82 Å². The van der Waals surface area contributed by atoms with Crippen molar-refractivity contribution in [3.8, 4) is 0 Å². The number of halogens is 1. The summed E-state index contributed by atoms with van der Waals surface area (Å²) in [4.78, 5) is 21.9. The first kappa shape index (κ1) is 13.5. The first-order valence-electron chi connectivity index (χ1n) is 5.18. The number of nitro groups is 1. The Labute approximate surface area is 104 Å². The molecular weight excluding hydrogens is 246 g/mol. The van der Waals surface area contributed by atoms with Gasteiger partial charge in [0.05, 0.1) is 7.05 Å². The molecule has 0 saturated heterocycles. The van der Waals surface area contributed by atoms with E-state index >= 15 is 0 Å². The van der Waals surface area contributed by atoms with Gasteiger partial charge in [0.2, 0.25) is 0 Å². The number of nitrogens with zero attached hydrogens (tertiary/aromatic N) is 2. The van der Waals surface area contributed by atoms with Gasteiger partial charge < -0.3 is 15.4 Å². The van der Waals surface area contributed by atoms with Gasteiger partial charge in [-0.25, -0.2) is 4.57 Å². The van der Waals surface area contributed by atoms with Gasteiger partial charge in [0, 0.05) is 18.0 Å².